The number of aryl methyl sites for hydroxylation is 2. The summed E-state index contributed by atoms with van der Waals surface area (Å²) in [5.74, 6) is 2.74. The van der Waals surface area contributed by atoms with Crippen molar-refractivity contribution in [2.75, 3.05) is 5.75 Å². The number of fused-ring (bicyclic) bond motifs is 1. The average molecular weight is 438 g/mol. The van der Waals surface area contributed by atoms with Crippen LogP contribution in [-0.4, -0.2) is 32.5 Å². The molecule has 0 aliphatic heterocycles. The van der Waals surface area contributed by atoms with E-state index in [0.717, 1.165) is 28.6 Å². The second-order valence-electron chi connectivity index (χ2n) is 7.69. The Bertz CT molecular complexity index is 1120. The number of H-pyrrole nitrogens is 1. The highest BCUT2D eigenvalue weighted by Gasteiger charge is 2.21. The Kier molecular flexibility index (Phi) is 7.26. The van der Waals surface area contributed by atoms with Crippen molar-refractivity contribution in [1.82, 2.24) is 15.3 Å². The number of aromatic nitrogens is 2. The van der Waals surface area contributed by atoms with E-state index in [0.29, 0.717) is 5.16 Å². The molecule has 0 fully saturated rings. The van der Waals surface area contributed by atoms with E-state index < -0.39 is 5.72 Å². The predicted octanol–water partition coefficient (Wildman–Crippen LogP) is 3.90. The predicted molar refractivity (Wildman–Crippen MR) is 123 cm³/mol. The summed E-state index contributed by atoms with van der Waals surface area (Å²) in [7, 11) is 0. The molecule has 0 spiro atoms. The van der Waals surface area contributed by atoms with Crippen LogP contribution in [-0.2, 0) is 22.6 Å². The number of aromatic amines is 1. The topological polar surface area (TPSA) is 87.2 Å². The second kappa shape index (κ2) is 9.90. The molecule has 3 rings (SSSR count). The van der Waals surface area contributed by atoms with Gasteiger partial charge >= 0.3 is 5.97 Å². The maximum Gasteiger partial charge on any atom is 0.318 e. The SMILES string of the molecule is CCc1cc2nc(SCC(=O)OC(C)(C)NC#Cc3ccc(CO)cc3)[nH]c2cc1C. The number of imidazole rings is 1. The number of thioether (sulfide) groups is 1. The quantitative estimate of drug-likeness (QED) is 0.171. The van der Waals surface area contributed by atoms with Gasteiger partial charge in [0.05, 0.1) is 23.4 Å². The van der Waals surface area contributed by atoms with Crippen LogP contribution in [0.2, 0.25) is 0 Å². The minimum Gasteiger partial charge on any atom is -0.438 e. The monoisotopic (exact) mass is 437 g/mol. The molecule has 0 amide bonds. The van der Waals surface area contributed by atoms with Crippen molar-refractivity contribution in [3.05, 3.63) is 58.7 Å². The molecule has 3 N–H and O–H groups in total. The van der Waals surface area contributed by atoms with E-state index >= 15 is 0 Å². The average Bonchev–Trinajstić information content (AvgIpc) is 3.13. The van der Waals surface area contributed by atoms with Crippen LogP contribution in [0.3, 0.4) is 0 Å². The summed E-state index contributed by atoms with van der Waals surface area (Å²) < 4.78 is 5.52. The number of ether oxygens (including phenoxy) is 1. The maximum absolute atomic E-state index is 12.3. The van der Waals surface area contributed by atoms with Gasteiger partial charge in [-0.2, -0.15) is 0 Å². The molecule has 1 aromatic heterocycles. The van der Waals surface area contributed by atoms with Gasteiger partial charge in [-0.25, -0.2) is 4.98 Å². The summed E-state index contributed by atoms with van der Waals surface area (Å²) in [6.45, 7) is 7.70. The lowest BCUT2D eigenvalue weighted by Gasteiger charge is -2.23. The maximum atomic E-state index is 12.3. The van der Waals surface area contributed by atoms with E-state index in [1.54, 1.807) is 13.8 Å². The van der Waals surface area contributed by atoms with E-state index in [1.165, 1.54) is 22.9 Å². The molecule has 6 nitrogen and oxygen atoms in total. The molecular formula is C24H27N3O3S. The fourth-order valence-electron chi connectivity index (χ4n) is 3.05. The first-order valence-corrected chi connectivity index (χ1v) is 11.1. The highest BCUT2D eigenvalue weighted by Crippen LogP contribution is 2.23. The summed E-state index contributed by atoms with van der Waals surface area (Å²) in [6.07, 6.45) is 0.961. The lowest BCUT2D eigenvalue weighted by Crippen LogP contribution is -2.41. The zero-order valence-corrected chi connectivity index (χ0v) is 19.0. The van der Waals surface area contributed by atoms with Crippen LogP contribution in [0.15, 0.2) is 41.6 Å². The van der Waals surface area contributed by atoms with E-state index in [2.05, 4.69) is 53.2 Å². The first kappa shape index (κ1) is 22.7. The van der Waals surface area contributed by atoms with Crippen molar-refractivity contribution >= 4 is 28.8 Å². The molecule has 0 saturated heterocycles. The van der Waals surface area contributed by atoms with Crippen LogP contribution in [0.5, 0.6) is 0 Å². The molecule has 7 heteroatoms. The van der Waals surface area contributed by atoms with Crippen LogP contribution < -0.4 is 5.32 Å². The first-order chi connectivity index (χ1) is 14.8. The van der Waals surface area contributed by atoms with E-state index in [1.807, 2.05) is 24.3 Å². The molecule has 0 atom stereocenters. The van der Waals surface area contributed by atoms with Crippen molar-refractivity contribution in [1.29, 1.82) is 0 Å². The van der Waals surface area contributed by atoms with Gasteiger partial charge in [0, 0.05) is 11.6 Å². The number of aliphatic hydroxyl groups excluding tert-OH is 1. The van der Waals surface area contributed by atoms with E-state index in [4.69, 9.17) is 9.84 Å². The lowest BCUT2D eigenvalue weighted by atomic mass is 10.1. The number of carbonyl (C=O) groups is 1. The summed E-state index contributed by atoms with van der Waals surface area (Å²) in [4.78, 5) is 20.1. The van der Waals surface area contributed by atoms with Gasteiger partial charge in [-0.3, -0.25) is 4.79 Å². The molecule has 0 aliphatic rings. The molecule has 0 saturated carbocycles. The lowest BCUT2D eigenvalue weighted by molar-refractivity contribution is -0.154. The zero-order valence-electron chi connectivity index (χ0n) is 18.2. The highest BCUT2D eigenvalue weighted by atomic mass is 32.2. The smallest absolute Gasteiger partial charge is 0.318 e. The van der Waals surface area contributed by atoms with Gasteiger partial charge in [0.2, 0.25) is 0 Å². The Labute approximate surface area is 186 Å². The van der Waals surface area contributed by atoms with Gasteiger partial charge in [-0.05, 0) is 74.1 Å². The number of hydrogen-bond acceptors (Lipinski definition) is 6. The van der Waals surface area contributed by atoms with Crippen LogP contribution in [0.25, 0.3) is 11.0 Å². The molecule has 0 radical (unpaired) electrons. The van der Waals surface area contributed by atoms with Crippen LogP contribution in [0, 0.1) is 18.9 Å². The van der Waals surface area contributed by atoms with E-state index in [9.17, 15) is 4.79 Å². The largest absolute Gasteiger partial charge is 0.438 e. The summed E-state index contributed by atoms with van der Waals surface area (Å²) in [6, 6.07) is 14.3. The Morgan fingerprint density at radius 1 is 1.29 bits per heavy atom. The number of aliphatic hydroxyl groups is 1. The Balaban J connectivity index is 1.53. The third-order valence-electron chi connectivity index (χ3n) is 4.70. The summed E-state index contributed by atoms with van der Waals surface area (Å²) in [5.41, 5.74) is 5.07. The Morgan fingerprint density at radius 2 is 2.03 bits per heavy atom. The molecule has 162 valence electrons. The highest BCUT2D eigenvalue weighted by molar-refractivity contribution is 7.99. The van der Waals surface area contributed by atoms with Gasteiger partial charge in [0.1, 0.15) is 0 Å². The molecule has 2 aromatic carbocycles. The molecule has 1 heterocycles. The number of nitrogens with zero attached hydrogens (tertiary/aromatic N) is 1. The number of hydrogen-bond donors (Lipinski definition) is 3. The van der Waals surface area contributed by atoms with Crippen molar-refractivity contribution in [2.45, 2.75) is 51.6 Å². The van der Waals surface area contributed by atoms with Gasteiger partial charge in [0.15, 0.2) is 10.9 Å². The summed E-state index contributed by atoms with van der Waals surface area (Å²) >= 11 is 1.31. The van der Waals surface area contributed by atoms with Crippen molar-refractivity contribution in [3.63, 3.8) is 0 Å². The van der Waals surface area contributed by atoms with Gasteiger partial charge in [0.25, 0.3) is 0 Å². The second-order valence-corrected chi connectivity index (χ2v) is 8.66. The van der Waals surface area contributed by atoms with Crippen molar-refractivity contribution in [3.8, 4) is 12.0 Å². The molecule has 0 unspecified atom stereocenters. The molecular weight excluding hydrogens is 410 g/mol. The fraction of sp³-hybridized carbons (Fsp3) is 0.333. The third kappa shape index (κ3) is 6.27. The van der Waals surface area contributed by atoms with Gasteiger partial charge in [-0.1, -0.05) is 30.8 Å². The van der Waals surface area contributed by atoms with Crippen LogP contribution in [0.4, 0.5) is 0 Å². The Hall–Kier alpha value is -2.95. The molecule has 0 aliphatic carbocycles. The van der Waals surface area contributed by atoms with Crippen LogP contribution >= 0.6 is 11.8 Å². The standard InChI is InChI=1S/C24H27N3O3S/c1-5-19-13-21-20(12-16(19)2)26-23(27-21)31-15-22(29)30-24(3,4)25-11-10-17-6-8-18(14-28)9-7-17/h6-9,12-13,25,28H,5,14-15H2,1-4H3,(H,26,27). The number of carbonyl (C=O) groups excluding carboxylic acids is 1. The number of benzene rings is 2. The molecule has 0 bridgehead atoms. The molecule has 31 heavy (non-hydrogen) atoms. The Morgan fingerprint density at radius 3 is 2.71 bits per heavy atom. The number of rotatable bonds is 7. The van der Waals surface area contributed by atoms with Gasteiger partial charge < -0.3 is 20.1 Å². The molecule has 3 aromatic rings. The summed E-state index contributed by atoms with van der Waals surface area (Å²) in [5, 5.41) is 12.7. The van der Waals surface area contributed by atoms with E-state index in [-0.39, 0.29) is 18.3 Å². The van der Waals surface area contributed by atoms with Gasteiger partial charge in [-0.15, -0.1) is 0 Å². The zero-order chi connectivity index (χ0) is 22.4. The van der Waals surface area contributed by atoms with Crippen LogP contribution in [0.1, 0.15) is 43.0 Å². The van der Waals surface area contributed by atoms with Crippen molar-refractivity contribution in [2.24, 2.45) is 0 Å². The third-order valence-corrected chi connectivity index (χ3v) is 5.55. The van der Waals surface area contributed by atoms with Crippen molar-refractivity contribution < 1.29 is 14.6 Å². The number of esters is 1. The minimum atomic E-state index is -0.934. The first-order valence-electron chi connectivity index (χ1n) is 10.1. The normalized spacial score (nSPS) is 11.1. The minimum absolute atomic E-state index is 0.000399. The number of nitrogens with one attached hydrogen (secondary N) is 2. The fourth-order valence-corrected chi connectivity index (χ4v) is 3.71.